The fraction of sp³-hybridized carbons (Fsp3) is 0.900. The number of likely N-dealkylation sites (tertiary alicyclic amines) is 1. The van der Waals surface area contributed by atoms with Gasteiger partial charge in [0.05, 0.1) is 12.7 Å². The fourth-order valence-corrected chi connectivity index (χ4v) is 2.26. The molecule has 2 saturated heterocycles. The molecule has 0 aromatic rings. The molecule has 0 bridgehead atoms. The Morgan fingerprint density at radius 3 is 2.50 bits per heavy atom. The Bertz CT molecular complexity index is 223. The van der Waals surface area contributed by atoms with Crippen molar-refractivity contribution in [3.63, 3.8) is 0 Å². The minimum atomic E-state index is 0.0228. The summed E-state index contributed by atoms with van der Waals surface area (Å²) in [5.74, 6) is 0.277. The van der Waals surface area contributed by atoms with Crippen LogP contribution in [0.3, 0.4) is 0 Å². The molecule has 2 aliphatic rings. The second-order valence-electron chi connectivity index (χ2n) is 4.43. The first-order valence-corrected chi connectivity index (χ1v) is 5.41. The zero-order valence-corrected chi connectivity index (χ0v) is 8.99. The Morgan fingerprint density at radius 1 is 1.36 bits per heavy atom. The summed E-state index contributed by atoms with van der Waals surface area (Å²) in [6, 6.07) is 0.491. The zero-order valence-electron chi connectivity index (χ0n) is 8.99. The van der Waals surface area contributed by atoms with Gasteiger partial charge in [0.25, 0.3) is 0 Å². The standard InChI is InChI=1S/C10H19N3O/c1-8-10(14)13(7-11-8)9-3-5-12(2)6-4-9/h8-9,11H,3-7H2,1-2H3. The Morgan fingerprint density at radius 2 is 2.00 bits per heavy atom. The Balaban J connectivity index is 1.93. The average Bonchev–Trinajstić information content (AvgIpc) is 2.50. The molecule has 4 nitrogen and oxygen atoms in total. The number of hydrogen-bond acceptors (Lipinski definition) is 3. The van der Waals surface area contributed by atoms with Gasteiger partial charge in [0.2, 0.25) is 5.91 Å². The van der Waals surface area contributed by atoms with Crippen LogP contribution in [0.4, 0.5) is 0 Å². The number of carbonyl (C=O) groups excluding carboxylic acids is 1. The largest absolute Gasteiger partial charge is 0.325 e. The molecule has 0 aromatic heterocycles. The Hall–Kier alpha value is -0.610. The van der Waals surface area contributed by atoms with E-state index in [0.29, 0.717) is 6.04 Å². The molecule has 1 N–H and O–H groups in total. The third kappa shape index (κ3) is 1.77. The van der Waals surface area contributed by atoms with Crippen LogP contribution in [0.25, 0.3) is 0 Å². The van der Waals surface area contributed by atoms with E-state index in [2.05, 4.69) is 17.3 Å². The molecular formula is C10H19N3O. The van der Waals surface area contributed by atoms with Gasteiger partial charge in [-0.05, 0) is 39.9 Å². The van der Waals surface area contributed by atoms with E-state index in [1.165, 1.54) is 0 Å². The van der Waals surface area contributed by atoms with Gasteiger partial charge in [-0.25, -0.2) is 0 Å². The van der Waals surface area contributed by atoms with Gasteiger partial charge in [-0.3, -0.25) is 10.1 Å². The Labute approximate surface area is 85.2 Å². The molecule has 0 saturated carbocycles. The second-order valence-corrected chi connectivity index (χ2v) is 4.43. The quantitative estimate of drug-likeness (QED) is 0.635. The summed E-state index contributed by atoms with van der Waals surface area (Å²) in [6.07, 6.45) is 2.24. The molecule has 4 heteroatoms. The minimum absolute atomic E-state index is 0.0228. The molecule has 0 aliphatic carbocycles. The van der Waals surface area contributed by atoms with Crippen molar-refractivity contribution in [1.82, 2.24) is 15.1 Å². The molecule has 2 rings (SSSR count). The first-order valence-electron chi connectivity index (χ1n) is 5.41. The number of carbonyl (C=O) groups is 1. The van der Waals surface area contributed by atoms with Crippen molar-refractivity contribution in [3.05, 3.63) is 0 Å². The number of amides is 1. The lowest BCUT2D eigenvalue weighted by atomic mass is 10.0. The summed E-state index contributed by atoms with van der Waals surface area (Å²) in [6.45, 7) is 4.91. The highest BCUT2D eigenvalue weighted by atomic mass is 16.2. The van der Waals surface area contributed by atoms with Gasteiger partial charge in [0, 0.05) is 6.04 Å². The van der Waals surface area contributed by atoms with Crippen LogP contribution in [-0.2, 0) is 4.79 Å². The number of piperidine rings is 1. The molecule has 2 fully saturated rings. The van der Waals surface area contributed by atoms with Crippen molar-refractivity contribution < 1.29 is 4.79 Å². The second kappa shape index (κ2) is 3.87. The summed E-state index contributed by atoms with van der Waals surface area (Å²) < 4.78 is 0. The molecule has 0 radical (unpaired) electrons. The minimum Gasteiger partial charge on any atom is -0.325 e. The summed E-state index contributed by atoms with van der Waals surface area (Å²) >= 11 is 0. The third-order valence-electron chi connectivity index (χ3n) is 3.35. The maximum atomic E-state index is 11.7. The van der Waals surface area contributed by atoms with Crippen LogP contribution in [0.5, 0.6) is 0 Å². The number of nitrogens with zero attached hydrogens (tertiary/aromatic N) is 2. The SMILES string of the molecule is CC1NCN(C2CCN(C)CC2)C1=O. The normalized spacial score (nSPS) is 31.4. The average molecular weight is 197 g/mol. The molecular weight excluding hydrogens is 178 g/mol. The lowest BCUT2D eigenvalue weighted by molar-refractivity contribution is -0.131. The van der Waals surface area contributed by atoms with Crippen LogP contribution in [0, 0.1) is 0 Å². The van der Waals surface area contributed by atoms with Gasteiger partial charge in [0.15, 0.2) is 0 Å². The summed E-state index contributed by atoms with van der Waals surface area (Å²) in [4.78, 5) is 16.1. The molecule has 14 heavy (non-hydrogen) atoms. The van der Waals surface area contributed by atoms with E-state index in [-0.39, 0.29) is 11.9 Å². The van der Waals surface area contributed by atoms with E-state index < -0.39 is 0 Å². The predicted molar refractivity (Wildman–Crippen MR) is 54.8 cm³/mol. The highest BCUT2D eigenvalue weighted by molar-refractivity contribution is 5.83. The van der Waals surface area contributed by atoms with Gasteiger partial charge < -0.3 is 9.80 Å². The van der Waals surface area contributed by atoms with E-state index in [9.17, 15) is 4.79 Å². The van der Waals surface area contributed by atoms with Crippen molar-refractivity contribution in [2.45, 2.75) is 31.8 Å². The summed E-state index contributed by atoms with van der Waals surface area (Å²) in [5, 5.41) is 3.19. The topological polar surface area (TPSA) is 35.6 Å². The van der Waals surface area contributed by atoms with E-state index in [1.807, 2.05) is 11.8 Å². The molecule has 1 atom stereocenters. The first-order chi connectivity index (χ1) is 6.68. The molecule has 0 aromatic carbocycles. The molecule has 80 valence electrons. The molecule has 0 spiro atoms. The van der Waals surface area contributed by atoms with Crippen molar-refractivity contribution in [2.75, 3.05) is 26.8 Å². The van der Waals surface area contributed by atoms with E-state index in [1.54, 1.807) is 0 Å². The van der Waals surface area contributed by atoms with Gasteiger partial charge in [-0.1, -0.05) is 0 Å². The maximum absolute atomic E-state index is 11.7. The molecule has 2 heterocycles. The van der Waals surface area contributed by atoms with Crippen LogP contribution in [0.2, 0.25) is 0 Å². The van der Waals surface area contributed by atoms with Gasteiger partial charge in [-0.2, -0.15) is 0 Å². The van der Waals surface area contributed by atoms with Crippen LogP contribution < -0.4 is 5.32 Å². The van der Waals surface area contributed by atoms with Crippen molar-refractivity contribution >= 4 is 5.91 Å². The Kier molecular flexibility index (Phi) is 2.74. The lowest BCUT2D eigenvalue weighted by Crippen LogP contribution is -2.45. The predicted octanol–water partition coefficient (Wildman–Crippen LogP) is -0.142. The van der Waals surface area contributed by atoms with Gasteiger partial charge >= 0.3 is 0 Å². The molecule has 1 amide bonds. The maximum Gasteiger partial charge on any atom is 0.240 e. The van der Waals surface area contributed by atoms with Crippen LogP contribution in [0.1, 0.15) is 19.8 Å². The highest BCUT2D eigenvalue weighted by Crippen LogP contribution is 2.18. The number of nitrogens with one attached hydrogen (secondary N) is 1. The van der Waals surface area contributed by atoms with Crippen LogP contribution in [0.15, 0.2) is 0 Å². The fourth-order valence-electron chi connectivity index (χ4n) is 2.26. The van der Waals surface area contributed by atoms with Crippen molar-refractivity contribution in [1.29, 1.82) is 0 Å². The van der Waals surface area contributed by atoms with Crippen molar-refractivity contribution in [2.24, 2.45) is 0 Å². The molecule has 2 aliphatic heterocycles. The number of hydrogen-bond donors (Lipinski definition) is 1. The smallest absolute Gasteiger partial charge is 0.240 e. The van der Waals surface area contributed by atoms with E-state index in [4.69, 9.17) is 0 Å². The van der Waals surface area contributed by atoms with Crippen LogP contribution in [-0.4, -0.2) is 54.6 Å². The van der Waals surface area contributed by atoms with E-state index in [0.717, 1.165) is 32.6 Å². The highest BCUT2D eigenvalue weighted by Gasteiger charge is 2.33. The summed E-state index contributed by atoms with van der Waals surface area (Å²) in [5.41, 5.74) is 0. The van der Waals surface area contributed by atoms with Crippen LogP contribution >= 0.6 is 0 Å². The van der Waals surface area contributed by atoms with Crippen molar-refractivity contribution in [3.8, 4) is 0 Å². The third-order valence-corrected chi connectivity index (χ3v) is 3.35. The zero-order chi connectivity index (χ0) is 10.1. The summed E-state index contributed by atoms with van der Waals surface area (Å²) in [7, 11) is 2.14. The number of rotatable bonds is 1. The van der Waals surface area contributed by atoms with E-state index >= 15 is 0 Å². The van der Waals surface area contributed by atoms with Gasteiger partial charge in [0.1, 0.15) is 0 Å². The monoisotopic (exact) mass is 197 g/mol. The first kappa shape index (κ1) is 9.93. The molecule has 1 unspecified atom stereocenters. The van der Waals surface area contributed by atoms with Gasteiger partial charge in [-0.15, -0.1) is 0 Å². The lowest BCUT2D eigenvalue weighted by Gasteiger charge is -2.34.